The van der Waals surface area contributed by atoms with Gasteiger partial charge in [0.05, 0.1) is 11.3 Å². The fraction of sp³-hybridized carbons (Fsp3) is 0.200. The van der Waals surface area contributed by atoms with Crippen LogP contribution in [-0.2, 0) is 11.4 Å². The molecule has 0 amide bonds. The lowest BCUT2D eigenvalue weighted by Gasteiger charge is -2.10. The summed E-state index contributed by atoms with van der Waals surface area (Å²) in [4.78, 5) is 16.6. The third-order valence-corrected chi connectivity index (χ3v) is 3.21. The molecule has 2 rings (SSSR count). The van der Waals surface area contributed by atoms with Crippen LogP contribution in [0.5, 0.6) is 5.88 Å². The average Bonchev–Trinajstić information content (AvgIpc) is 2.47. The molecule has 0 aliphatic heterocycles. The second kappa shape index (κ2) is 6.21. The number of para-hydroxylation sites is 1. The quantitative estimate of drug-likeness (QED) is 0.344. The van der Waals surface area contributed by atoms with Crippen molar-refractivity contribution in [1.82, 2.24) is 4.73 Å². The number of nitrogens with zero attached hydrogens (tertiary/aromatic N) is 2. The SMILES string of the molecule is C/C(=N\OCc1ccccc1N)c1c(C)cc(=O)n(O)c1O. The Kier molecular flexibility index (Phi) is 4.36. The van der Waals surface area contributed by atoms with Crippen molar-refractivity contribution in [2.75, 3.05) is 5.73 Å². The van der Waals surface area contributed by atoms with E-state index >= 15 is 0 Å². The molecule has 0 atom stereocenters. The van der Waals surface area contributed by atoms with E-state index in [4.69, 9.17) is 10.6 Å². The van der Waals surface area contributed by atoms with Gasteiger partial charge in [-0.2, -0.15) is 0 Å². The van der Waals surface area contributed by atoms with Crippen LogP contribution in [0.15, 0.2) is 40.3 Å². The monoisotopic (exact) mass is 303 g/mol. The van der Waals surface area contributed by atoms with Gasteiger partial charge in [0, 0.05) is 17.3 Å². The molecule has 2 aromatic rings. The molecular weight excluding hydrogens is 286 g/mol. The van der Waals surface area contributed by atoms with Gasteiger partial charge in [-0.25, -0.2) is 0 Å². The van der Waals surface area contributed by atoms with Crippen LogP contribution in [0.2, 0.25) is 0 Å². The highest BCUT2D eigenvalue weighted by Gasteiger charge is 2.15. The van der Waals surface area contributed by atoms with E-state index in [-0.39, 0.29) is 16.9 Å². The van der Waals surface area contributed by atoms with E-state index in [2.05, 4.69) is 5.16 Å². The Morgan fingerprint density at radius 2 is 2.09 bits per heavy atom. The summed E-state index contributed by atoms with van der Waals surface area (Å²) < 4.78 is 0.163. The van der Waals surface area contributed by atoms with Crippen LogP contribution < -0.4 is 11.3 Å². The summed E-state index contributed by atoms with van der Waals surface area (Å²) >= 11 is 0. The van der Waals surface area contributed by atoms with Gasteiger partial charge in [-0.1, -0.05) is 23.4 Å². The van der Waals surface area contributed by atoms with Crippen LogP contribution in [-0.4, -0.2) is 20.8 Å². The largest absolute Gasteiger partial charge is 0.492 e. The standard InChI is InChI=1S/C15H17N3O4/c1-9-7-13(19)18(21)15(20)14(9)10(2)17-22-8-11-5-3-4-6-12(11)16/h3-7,20-21H,8,16H2,1-2H3/b17-10+. The van der Waals surface area contributed by atoms with E-state index in [0.717, 1.165) is 5.56 Å². The number of benzene rings is 1. The Bertz CT molecular complexity index is 781. The maximum Gasteiger partial charge on any atom is 0.286 e. The van der Waals surface area contributed by atoms with Crippen LogP contribution in [0.25, 0.3) is 0 Å². The average molecular weight is 303 g/mol. The van der Waals surface area contributed by atoms with Gasteiger partial charge >= 0.3 is 0 Å². The Labute approximate surface area is 126 Å². The maximum atomic E-state index is 11.3. The van der Waals surface area contributed by atoms with Gasteiger partial charge < -0.3 is 20.9 Å². The molecule has 0 fully saturated rings. The number of aryl methyl sites for hydroxylation is 1. The summed E-state index contributed by atoms with van der Waals surface area (Å²) in [6, 6.07) is 8.43. The molecule has 22 heavy (non-hydrogen) atoms. The number of pyridine rings is 1. The molecule has 116 valence electrons. The molecule has 7 nitrogen and oxygen atoms in total. The lowest BCUT2D eigenvalue weighted by molar-refractivity contribution is 0.130. The summed E-state index contributed by atoms with van der Waals surface area (Å²) in [6.07, 6.45) is 0. The van der Waals surface area contributed by atoms with E-state index in [0.29, 0.717) is 17.0 Å². The lowest BCUT2D eigenvalue weighted by atomic mass is 10.1. The number of hydrogen-bond donors (Lipinski definition) is 3. The lowest BCUT2D eigenvalue weighted by Crippen LogP contribution is -2.20. The number of nitrogens with two attached hydrogens (primary N) is 1. The molecule has 1 aromatic heterocycles. The van der Waals surface area contributed by atoms with Crippen molar-refractivity contribution < 1.29 is 15.2 Å². The molecule has 0 saturated carbocycles. The number of aromatic nitrogens is 1. The molecule has 0 unspecified atom stereocenters. The Hall–Kier alpha value is -2.96. The highest BCUT2D eigenvalue weighted by molar-refractivity contribution is 6.01. The summed E-state index contributed by atoms with van der Waals surface area (Å²) in [5.74, 6) is -0.575. The van der Waals surface area contributed by atoms with E-state index in [9.17, 15) is 15.1 Å². The molecule has 0 spiro atoms. The first-order valence-corrected chi connectivity index (χ1v) is 6.57. The second-order valence-corrected chi connectivity index (χ2v) is 4.82. The summed E-state index contributed by atoms with van der Waals surface area (Å²) in [6.45, 7) is 3.40. The number of anilines is 1. The fourth-order valence-corrected chi connectivity index (χ4v) is 2.06. The van der Waals surface area contributed by atoms with Crippen LogP contribution in [0.3, 0.4) is 0 Å². The molecule has 0 bridgehead atoms. The van der Waals surface area contributed by atoms with Gasteiger partial charge in [0.2, 0.25) is 5.88 Å². The van der Waals surface area contributed by atoms with E-state index < -0.39 is 11.4 Å². The number of aromatic hydroxyl groups is 1. The van der Waals surface area contributed by atoms with Crippen LogP contribution in [0, 0.1) is 6.92 Å². The van der Waals surface area contributed by atoms with Crippen molar-refractivity contribution in [3.05, 3.63) is 57.4 Å². The zero-order chi connectivity index (χ0) is 16.3. The van der Waals surface area contributed by atoms with Gasteiger partial charge in [0.25, 0.3) is 5.56 Å². The molecule has 0 aliphatic carbocycles. The molecule has 1 aromatic carbocycles. The third-order valence-electron chi connectivity index (χ3n) is 3.21. The van der Waals surface area contributed by atoms with Crippen molar-refractivity contribution >= 4 is 11.4 Å². The van der Waals surface area contributed by atoms with Gasteiger partial charge in [-0.15, -0.1) is 4.73 Å². The first-order valence-electron chi connectivity index (χ1n) is 6.57. The van der Waals surface area contributed by atoms with E-state index in [1.165, 1.54) is 6.07 Å². The van der Waals surface area contributed by atoms with E-state index in [1.807, 2.05) is 18.2 Å². The Balaban J connectivity index is 2.22. The number of rotatable bonds is 4. The molecule has 0 radical (unpaired) electrons. The van der Waals surface area contributed by atoms with Crippen molar-refractivity contribution in [2.24, 2.45) is 5.16 Å². The van der Waals surface area contributed by atoms with Gasteiger partial charge in [-0.05, 0) is 25.5 Å². The molecular formula is C15H17N3O4. The van der Waals surface area contributed by atoms with Gasteiger partial charge in [0.1, 0.15) is 6.61 Å². The van der Waals surface area contributed by atoms with Crippen molar-refractivity contribution in [3.63, 3.8) is 0 Å². The number of oxime groups is 1. The summed E-state index contributed by atoms with van der Waals surface area (Å²) in [7, 11) is 0. The zero-order valence-corrected chi connectivity index (χ0v) is 12.3. The van der Waals surface area contributed by atoms with Crippen molar-refractivity contribution in [3.8, 4) is 5.88 Å². The van der Waals surface area contributed by atoms with Crippen molar-refractivity contribution in [2.45, 2.75) is 20.5 Å². The fourth-order valence-electron chi connectivity index (χ4n) is 2.06. The first-order chi connectivity index (χ1) is 10.4. The summed E-state index contributed by atoms with van der Waals surface area (Å²) in [5.41, 5.74) is 7.50. The minimum Gasteiger partial charge on any atom is -0.492 e. The van der Waals surface area contributed by atoms with Gasteiger partial charge in [0.15, 0.2) is 0 Å². The Morgan fingerprint density at radius 3 is 2.77 bits per heavy atom. The second-order valence-electron chi connectivity index (χ2n) is 4.82. The van der Waals surface area contributed by atoms with Gasteiger partial charge in [-0.3, -0.25) is 4.79 Å². The van der Waals surface area contributed by atoms with Crippen molar-refractivity contribution in [1.29, 1.82) is 0 Å². The highest BCUT2D eigenvalue weighted by atomic mass is 16.6. The van der Waals surface area contributed by atoms with Crippen LogP contribution >= 0.6 is 0 Å². The molecule has 0 saturated heterocycles. The third kappa shape index (κ3) is 3.03. The normalized spacial score (nSPS) is 11.5. The van der Waals surface area contributed by atoms with Crippen LogP contribution in [0.4, 0.5) is 5.69 Å². The molecule has 7 heteroatoms. The molecule has 1 heterocycles. The smallest absolute Gasteiger partial charge is 0.286 e. The highest BCUT2D eigenvalue weighted by Crippen LogP contribution is 2.19. The first kappa shape index (κ1) is 15.4. The topological polar surface area (TPSA) is 110 Å². The maximum absolute atomic E-state index is 11.3. The molecule has 4 N–H and O–H groups in total. The minimum absolute atomic E-state index is 0.163. The Morgan fingerprint density at radius 1 is 1.41 bits per heavy atom. The van der Waals surface area contributed by atoms with E-state index in [1.54, 1.807) is 19.9 Å². The predicted molar refractivity (Wildman–Crippen MR) is 82.1 cm³/mol. The number of hydrogen-bond acceptors (Lipinski definition) is 6. The summed E-state index contributed by atoms with van der Waals surface area (Å²) in [5, 5.41) is 23.2. The minimum atomic E-state index is -0.718. The zero-order valence-electron chi connectivity index (χ0n) is 12.3. The molecule has 0 aliphatic rings. The predicted octanol–water partition coefficient (Wildman–Crippen LogP) is 1.62. The number of nitrogen functional groups attached to an aromatic ring is 1. The van der Waals surface area contributed by atoms with Crippen LogP contribution in [0.1, 0.15) is 23.6 Å².